The first-order valence-electron chi connectivity index (χ1n) is 8.47. The van der Waals surface area contributed by atoms with Crippen molar-refractivity contribution in [3.63, 3.8) is 0 Å². The van der Waals surface area contributed by atoms with Crippen LogP contribution in [0.1, 0.15) is 12.5 Å². The Morgan fingerprint density at radius 3 is 2.61 bits per heavy atom. The fourth-order valence-corrected chi connectivity index (χ4v) is 2.60. The molecule has 0 saturated heterocycles. The lowest BCUT2D eigenvalue weighted by molar-refractivity contribution is -0.384. The molecule has 1 amide bonds. The molecule has 0 aliphatic carbocycles. The Kier molecular flexibility index (Phi) is 5.45. The van der Waals surface area contributed by atoms with Crippen LogP contribution in [0.25, 0.3) is 17.0 Å². The minimum Gasteiger partial charge on any atom is -0.277 e. The quantitative estimate of drug-likeness (QED) is 0.386. The van der Waals surface area contributed by atoms with Crippen molar-refractivity contribution >= 4 is 34.5 Å². The zero-order valence-corrected chi connectivity index (χ0v) is 15.0. The van der Waals surface area contributed by atoms with Gasteiger partial charge in [0, 0.05) is 24.8 Å². The fraction of sp³-hybridized carbons (Fsp3) is 0.105. The van der Waals surface area contributed by atoms with Gasteiger partial charge in [-0.1, -0.05) is 12.1 Å². The molecule has 0 fully saturated rings. The predicted octanol–water partition coefficient (Wildman–Crippen LogP) is 2.48. The van der Waals surface area contributed by atoms with Gasteiger partial charge in [-0.25, -0.2) is 4.98 Å². The predicted molar refractivity (Wildman–Crippen MR) is 106 cm³/mol. The second kappa shape index (κ2) is 8.12. The highest BCUT2D eigenvalue weighted by atomic mass is 16.6. The van der Waals surface area contributed by atoms with Gasteiger partial charge in [-0.05, 0) is 42.8 Å². The highest BCUT2D eigenvalue weighted by Gasteiger charge is 2.09. The van der Waals surface area contributed by atoms with Crippen LogP contribution in [0.15, 0.2) is 59.4 Å². The standard InChI is InChI=1S/C19H17N5O4/c1-2-23-18(26)15-5-3-4-6-16(15)20-19(23)22-21-17(25)12-9-13-7-10-14(11-8-13)24(27)28/h3-12H,2H2,1H3,(H,20,22)(H,21,25)/b12-9+. The minimum atomic E-state index is -0.492. The number of hydrazine groups is 1. The summed E-state index contributed by atoms with van der Waals surface area (Å²) >= 11 is 0. The molecule has 0 bridgehead atoms. The Labute approximate surface area is 159 Å². The van der Waals surface area contributed by atoms with Crippen LogP contribution in [-0.4, -0.2) is 20.4 Å². The highest BCUT2D eigenvalue weighted by Crippen LogP contribution is 2.13. The first kappa shape index (κ1) is 18.8. The maximum atomic E-state index is 12.5. The van der Waals surface area contributed by atoms with Crippen molar-refractivity contribution in [2.45, 2.75) is 13.5 Å². The van der Waals surface area contributed by atoms with E-state index in [4.69, 9.17) is 0 Å². The number of nitro groups is 1. The van der Waals surface area contributed by atoms with Crippen molar-refractivity contribution < 1.29 is 9.72 Å². The van der Waals surface area contributed by atoms with Gasteiger partial charge in [0.25, 0.3) is 17.2 Å². The van der Waals surface area contributed by atoms with Gasteiger partial charge in [0.15, 0.2) is 0 Å². The van der Waals surface area contributed by atoms with Crippen LogP contribution in [0.5, 0.6) is 0 Å². The van der Waals surface area contributed by atoms with Crippen molar-refractivity contribution in [2.24, 2.45) is 0 Å². The number of para-hydroxylation sites is 1. The highest BCUT2D eigenvalue weighted by molar-refractivity contribution is 5.92. The third-order valence-electron chi connectivity index (χ3n) is 4.01. The summed E-state index contributed by atoms with van der Waals surface area (Å²) in [6, 6.07) is 12.8. The lowest BCUT2D eigenvalue weighted by atomic mass is 10.2. The van der Waals surface area contributed by atoms with E-state index in [-0.39, 0.29) is 17.2 Å². The van der Waals surface area contributed by atoms with E-state index in [0.717, 1.165) is 0 Å². The number of anilines is 1. The second-order valence-corrected chi connectivity index (χ2v) is 5.80. The molecule has 1 aromatic heterocycles. The van der Waals surface area contributed by atoms with Crippen LogP contribution in [0.4, 0.5) is 11.6 Å². The number of fused-ring (bicyclic) bond motifs is 1. The van der Waals surface area contributed by atoms with Crippen molar-refractivity contribution in [2.75, 3.05) is 5.43 Å². The Balaban J connectivity index is 1.72. The van der Waals surface area contributed by atoms with Gasteiger partial charge >= 0.3 is 0 Å². The molecule has 0 aliphatic heterocycles. The zero-order valence-electron chi connectivity index (χ0n) is 15.0. The molecule has 0 unspecified atom stereocenters. The zero-order chi connectivity index (χ0) is 20.1. The minimum absolute atomic E-state index is 0.0248. The smallest absolute Gasteiger partial charge is 0.269 e. The van der Waals surface area contributed by atoms with E-state index in [1.54, 1.807) is 31.2 Å². The number of non-ortho nitro benzene ring substituents is 1. The van der Waals surface area contributed by atoms with Gasteiger partial charge in [-0.2, -0.15) is 0 Å². The summed E-state index contributed by atoms with van der Waals surface area (Å²) < 4.78 is 1.42. The van der Waals surface area contributed by atoms with Crippen LogP contribution in [0, 0.1) is 10.1 Å². The maximum absolute atomic E-state index is 12.5. The van der Waals surface area contributed by atoms with Crippen molar-refractivity contribution in [3.8, 4) is 0 Å². The number of amides is 1. The van der Waals surface area contributed by atoms with E-state index in [1.165, 1.54) is 41.0 Å². The number of benzene rings is 2. The summed E-state index contributed by atoms with van der Waals surface area (Å²) in [4.78, 5) is 39.1. The van der Waals surface area contributed by atoms with Crippen LogP contribution in [0.2, 0.25) is 0 Å². The van der Waals surface area contributed by atoms with Gasteiger partial charge in [0.05, 0.1) is 15.8 Å². The molecule has 0 aliphatic rings. The topological polar surface area (TPSA) is 119 Å². The number of hydrogen-bond acceptors (Lipinski definition) is 6. The van der Waals surface area contributed by atoms with Gasteiger partial charge in [0.2, 0.25) is 5.95 Å². The molecule has 3 aromatic rings. The van der Waals surface area contributed by atoms with Crippen LogP contribution < -0.4 is 16.4 Å². The summed E-state index contributed by atoms with van der Waals surface area (Å²) in [5, 5.41) is 11.1. The molecule has 0 radical (unpaired) electrons. The summed E-state index contributed by atoms with van der Waals surface area (Å²) in [5.41, 5.74) is 6.06. The molecule has 2 aromatic carbocycles. The first-order valence-corrected chi connectivity index (χ1v) is 8.47. The number of carbonyl (C=O) groups is 1. The van der Waals surface area contributed by atoms with E-state index in [2.05, 4.69) is 15.8 Å². The van der Waals surface area contributed by atoms with E-state index < -0.39 is 10.8 Å². The van der Waals surface area contributed by atoms with Gasteiger partial charge in [-0.3, -0.25) is 35.1 Å². The van der Waals surface area contributed by atoms with Crippen LogP contribution >= 0.6 is 0 Å². The third kappa shape index (κ3) is 4.04. The number of aromatic nitrogens is 2. The molecule has 0 spiro atoms. The molecular formula is C19H17N5O4. The Bertz CT molecular complexity index is 1120. The van der Waals surface area contributed by atoms with Gasteiger partial charge in [0.1, 0.15) is 0 Å². The fourth-order valence-electron chi connectivity index (χ4n) is 2.60. The molecule has 3 rings (SSSR count). The molecule has 0 atom stereocenters. The lowest BCUT2D eigenvalue weighted by Crippen LogP contribution is -2.33. The molecule has 1 heterocycles. The normalized spacial score (nSPS) is 10.9. The Morgan fingerprint density at radius 2 is 1.93 bits per heavy atom. The van der Waals surface area contributed by atoms with Crippen molar-refractivity contribution in [1.82, 2.24) is 15.0 Å². The average molecular weight is 379 g/mol. The molecule has 9 nitrogen and oxygen atoms in total. The lowest BCUT2D eigenvalue weighted by Gasteiger charge is -2.13. The summed E-state index contributed by atoms with van der Waals surface area (Å²) in [6.45, 7) is 2.19. The number of rotatable bonds is 6. The van der Waals surface area contributed by atoms with E-state index in [1.807, 2.05) is 0 Å². The molecule has 0 saturated carbocycles. The SMILES string of the molecule is CCn1c(NNC(=O)/C=C/c2ccc([N+](=O)[O-])cc2)nc2ccccc2c1=O. The molecule has 28 heavy (non-hydrogen) atoms. The van der Waals surface area contributed by atoms with Crippen LogP contribution in [-0.2, 0) is 11.3 Å². The Hall–Kier alpha value is -4.01. The van der Waals surface area contributed by atoms with Crippen molar-refractivity contribution in [3.05, 3.63) is 80.6 Å². The van der Waals surface area contributed by atoms with Crippen molar-refractivity contribution in [1.29, 1.82) is 0 Å². The van der Waals surface area contributed by atoms with E-state index in [9.17, 15) is 19.7 Å². The first-order chi connectivity index (χ1) is 13.5. The maximum Gasteiger partial charge on any atom is 0.269 e. The van der Waals surface area contributed by atoms with Crippen LogP contribution in [0.3, 0.4) is 0 Å². The summed E-state index contributed by atoms with van der Waals surface area (Å²) in [7, 11) is 0. The number of nitrogens with one attached hydrogen (secondary N) is 2. The Morgan fingerprint density at radius 1 is 1.21 bits per heavy atom. The number of nitrogens with zero attached hydrogens (tertiary/aromatic N) is 3. The molecule has 142 valence electrons. The number of nitro benzene ring substituents is 1. The molecule has 2 N–H and O–H groups in total. The third-order valence-corrected chi connectivity index (χ3v) is 4.01. The largest absolute Gasteiger partial charge is 0.277 e. The summed E-state index contributed by atoms with van der Waals surface area (Å²) in [6.07, 6.45) is 2.78. The van der Waals surface area contributed by atoms with Gasteiger partial charge in [-0.15, -0.1) is 0 Å². The monoisotopic (exact) mass is 379 g/mol. The van der Waals surface area contributed by atoms with E-state index in [0.29, 0.717) is 23.0 Å². The second-order valence-electron chi connectivity index (χ2n) is 5.80. The summed E-state index contributed by atoms with van der Waals surface area (Å²) in [5.74, 6) is -0.244. The number of hydrogen-bond donors (Lipinski definition) is 2. The van der Waals surface area contributed by atoms with Gasteiger partial charge < -0.3 is 0 Å². The average Bonchev–Trinajstić information content (AvgIpc) is 2.71. The molecular weight excluding hydrogens is 362 g/mol. The van der Waals surface area contributed by atoms with E-state index >= 15 is 0 Å². The number of carbonyl (C=O) groups excluding carboxylic acids is 1. The molecule has 9 heteroatoms.